The van der Waals surface area contributed by atoms with Crippen LogP contribution in [0.3, 0.4) is 0 Å². The van der Waals surface area contributed by atoms with Crippen LogP contribution in [0.5, 0.6) is 0 Å². The van der Waals surface area contributed by atoms with E-state index in [0.717, 1.165) is 13.7 Å². The molecule has 1 N–H and O–H groups in total. The maximum atomic E-state index is 14.6. The molecule has 10 heteroatoms. The molecule has 1 saturated heterocycles. The normalized spacial score (nSPS) is 29.3. The molecule has 1 aliphatic carbocycles. The number of hydrogen-bond donors (Lipinski definition) is 1. The number of rotatable bonds is 6. The molecule has 3 heterocycles. The summed E-state index contributed by atoms with van der Waals surface area (Å²) in [6.07, 6.45) is -0.511. The number of aliphatic hydroxyl groups excluding tert-OH is 1. The number of fused-ring (bicyclic) bond motifs is 2. The second-order valence-electron chi connectivity index (χ2n) is 11.4. The number of anilines is 2. The zero-order valence-electron chi connectivity index (χ0n) is 22.8. The van der Waals surface area contributed by atoms with Gasteiger partial charge in [-0.25, -0.2) is 0 Å². The van der Waals surface area contributed by atoms with Crippen LogP contribution in [0.15, 0.2) is 78.9 Å². The summed E-state index contributed by atoms with van der Waals surface area (Å²) < 4.78 is 48.4. The summed E-state index contributed by atoms with van der Waals surface area (Å²) in [5.41, 5.74) is 1.71. The summed E-state index contributed by atoms with van der Waals surface area (Å²) in [5, 5.41) is 10.8. The van der Waals surface area contributed by atoms with Gasteiger partial charge in [-0.15, -0.1) is 0 Å². The average Bonchev–Trinajstić information content (AvgIpc) is 3.66. The van der Waals surface area contributed by atoms with E-state index in [1.54, 1.807) is 9.18 Å². The molecule has 1 saturated carbocycles. The van der Waals surface area contributed by atoms with Crippen LogP contribution in [0.1, 0.15) is 43.7 Å². The molecule has 4 aliphatic rings. The third-order valence-electron chi connectivity index (χ3n) is 8.71. The van der Waals surface area contributed by atoms with E-state index < -0.39 is 54.2 Å². The van der Waals surface area contributed by atoms with Gasteiger partial charge in [-0.1, -0.05) is 0 Å². The van der Waals surface area contributed by atoms with Gasteiger partial charge in [-0.2, -0.15) is 0 Å². The van der Waals surface area contributed by atoms with Crippen molar-refractivity contribution in [1.82, 2.24) is 3.11 Å². The van der Waals surface area contributed by atoms with Crippen molar-refractivity contribution in [2.75, 3.05) is 14.2 Å². The summed E-state index contributed by atoms with van der Waals surface area (Å²) in [6, 6.07) is 20.5. The fourth-order valence-corrected chi connectivity index (χ4v) is 16.8. The number of carbonyl (C=O) groups excluding carboxylic acids is 2. The monoisotopic (exact) mass is 689 g/mol. The molecule has 0 radical (unpaired) electrons. The van der Waals surface area contributed by atoms with E-state index in [4.69, 9.17) is 0 Å². The quantitative estimate of drug-likeness (QED) is 0.200. The Morgan fingerprint density at radius 3 is 2.40 bits per heavy atom. The Bertz CT molecular complexity index is 1610. The number of benzene rings is 3. The van der Waals surface area contributed by atoms with Gasteiger partial charge in [0.1, 0.15) is 0 Å². The minimum atomic E-state index is -3.15. The van der Waals surface area contributed by atoms with Crippen LogP contribution in [0.2, 0.25) is 0 Å². The van der Waals surface area contributed by atoms with Crippen molar-refractivity contribution in [3.63, 3.8) is 0 Å². The first-order valence-electron chi connectivity index (χ1n) is 14.2. The Hall–Kier alpha value is -3.25. The predicted octanol–water partition coefficient (Wildman–Crippen LogP) is 5.86. The van der Waals surface area contributed by atoms with E-state index in [1.165, 1.54) is 23.1 Å². The number of aliphatic hydroxyl groups is 1. The Morgan fingerprint density at radius 2 is 1.71 bits per heavy atom. The van der Waals surface area contributed by atoms with Gasteiger partial charge in [0.05, 0.1) is 0 Å². The Morgan fingerprint density at radius 1 is 1.00 bits per heavy atom. The van der Waals surface area contributed by atoms with Crippen molar-refractivity contribution in [1.29, 1.82) is 0 Å². The first-order chi connectivity index (χ1) is 20.2. The van der Waals surface area contributed by atoms with Gasteiger partial charge in [0.25, 0.3) is 0 Å². The summed E-state index contributed by atoms with van der Waals surface area (Å²) in [6.45, 7) is 0. The number of nitrogens with zero attached hydrogens (tertiary/aromatic N) is 3. The first-order valence-corrected chi connectivity index (χ1v) is 19.0. The molecule has 3 unspecified atom stereocenters. The van der Waals surface area contributed by atoms with Crippen LogP contribution in [0, 0.1) is 9.39 Å². The van der Waals surface area contributed by atoms with Crippen LogP contribution in [-0.4, -0.2) is 52.7 Å². The van der Waals surface area contributed by atoms with Gasteiger partial charge >= 0.3 is 247 Å². The topological polar surface area (TPSA) is 64.1 Å². The van der Waals surface area contributed by atoms with Crippen LogP contribution < -0.4 is 9.80 Å². The zero-order chi connectivity index (χ0) is 29.2. The molecule has 7 rings (SSSR count). The number of hydrogen-bond acceptors (Lipinski definition) is 4. The second kappa shape index (κ2) is 10.2. The fourth-order valence-electron chi connectivity index (χ4n) is 6.74. The van der Waals surface area contributed by atoms with Crippen molar-refractivity contribution in [2.24, 2.45) is 0 Å². The van der Waals surface area contributed by atoms with E-state index in [-0.39, 0.29) is 36.9 Å². The molecule has 42 heavy (non-hydrogen) atoms. The third kappa shape index (κ3) is 4.54. The van der Waals surface area contributed by atoms with E-state index in [2.05, 4.69) is 4.01 Å². The fraction of sp³-hybridized carbons (Fsp3) is 0.344. The van der Waals surface area contributed by atoms with Crippen molar-refractivity contribution in [3.8, 4) is 0 Å². The molecule has 4 atom stereocenters. The van der Waals surface area contributed by atoms with Crippen LogP contribution in [-0.2, 0) is 9.59 Å². The number of carbonyl (C=O) groups is 2. The van der Waals surface area contributed by atoms with Crippen molar-refractivity contribution in [3.05, 3.63) is 93.8 Å². The zero-order valence-corrected chi connectivity index (χ0v) is 24.9. The standard InChI is InChI=1S/C32H31F3IN3O3/c33-21-7-6-10-23(17-21)38(29(41)18-24-13-14-28(40)37(24)22-8-2-1-3-9-22)30-26-11-4-5-12-27(26)36(15-16-36)39(31(30)42)25-19-32(34,35)20-25/h1-12,15,17,24-25,28,30,40H,13-14,16,18-20H2/t24-,28?,30?/m0/s1. The van der Waals surface area contributed by atoms with Crippen LogP contribution in [0.4, 0.5) is 24.5 Å². The number of halogens is 4. The number of alkyl halides is 3. The van der Waals surface area contributed by atoms with Gasteiger partial charge in [0.2, 0.25) is 0 Å². The molecule has 3 aromatic rings. The summed E-state index contributed by atoms with van der Waals surface area (Å²) in [5.74, 6) is -4.11. The molecule has 220 valence electrons. The average molecular weight is 690 g/mol. The Labute approximate surface area is 246 Å². The van der Waals surface area contributed by atoms with E-state index in [9.17, 15) is 27.9 Å². The SMILES string of the molecule is O=C(C[C@@H]1CCC(O)N1c1ccccc1)N(c1cccc(F)c1)C1C(=O)N(C2CC(F)(F)C2)I2(=CC2)c2ccccc21. The van der Waals surface area contributed by atoms with Crippen molar-refractivity contribution < 1.29 is 27.9 Å². The van der Waals surface area contributed by atoms with E-state index in [0.29, 0.717) is 18.4 Å². The van der Waals surface area contributed by atoms with E-state index in [1.807, 2.05) is 59.5 Å². The molecule has 0 bridgehead atoms. The molecule has 0 aromatic heterocycles. The van der Waals surface area contributed by atoms with E-state index >= 15 is 0 Å². The predicted molar refractivity (Wildman–Crippen MR) is 164 cm³/mol. The Balaban J connectivity index is 1.30. The number of amides is 2. The summed E-state index contributed by atoms with van der Waals surface area (Å²) in [7, 11) is 0. The van der Waals surface area contributed by atoms with Crippen LogP contribution in [0.25, 0.3) is 0 Å². The van der Waals surface area contributed by atoms with Gasteiger partial charge in [-0.3, -0.25) is 0 Å². The molecular weight excluding hydrogens is 658 g/mol. The van der Waals surface area contributed by atoms with Gasteiger partial charge in [0.15, 0.2) is 0 Å². The van der Waals surface area contributed by atoms with Gasteiger partial charge in [-0.05, 0) is 0 Å². The summed E-state index contributed by atoms with van der Waals surface area (Å²) in [4.78, 5) is 32.1. The minimum absolute atomic E-state index is 0.0198. The number of para-hydroxylation sites is 1. The summed E-state index contributed by atoms with van der Waals surface area (Å²) >= 11 is -3.15. The second-order valence-corrected chi connectivity index (χ2v) is 19.4. The molecule has 6 nitrogen and oxygen atoms in total. The molecule has 2 amide bonds. The van der Waals surface area contributed by atoms with Gasteiger partial charge in [0, 0.05) is 0 Å². The third-order valence-corrected chi connectivity index (χ3v) is 17.4. The maximum absolute atomic E-state index is 14.6. The van der Waals surface area contributed by atoms with Gasteiger partial charge < -0.3 is 0 Å². The molecule has 1 spiro atoms. The first kappa shape index (κ1) is 27.6. The molecule has 3 aromatic carbocycles. The Kier molecular flexibility index (Phi) is 6.69. The molecular formula is C32H31F3IN3O3. The van der Waals surface area contributed by atoms with Crippen molar-refractivity contribution >= 4 is 45.4 Å². The van der Waals surface area contributed by atoms with Crippen LogP contribution >= 0.6 is 18.2 Å². The molecule has 3 aliphatic heterocycles. The molecule has 2 fully saturated rings. The van der Waals surface area contributed by atoms with Crippen molar-refractivity contribution in [2.45, 2.75) is 62.4 Å².